The first-order chi connectivity index (χ1) is 9.77. The molecule has 2 rings (SSSR count). The highest BCUT2D eigenvalue weighted by Gasteiger charge is 2.10. The number of hydrogen-bond donors (Lipinski definition) is 1. The second-order valence-electron chi connectivity index (χ2n) is 5.17. The van der Waals surface area contributed by atoms with E-state index in [1.54, 1.807) is 12.1 Å². The van der Waals surface area contributed by atoms with Crippen molar-refractivity contribution >= 4 is 27.1 Å². The third kappa shape index (κ3) is 3.99. The van der Waals surface area contributed by atoms with Crippen LogP contribution in [0.5, 0.6) is 0 Å². The fourth-order valence-electron chi connectivity index (χ4n) is 2.02. The third-order valence-electron chi connectivity index (χ3n) is 3.36. The number of aryl methyl sites for hydroxylation is 1. The van der Waals surface area contributed by atoms with Crippen LogP contribution in [0.2, 0.25) is 5.02 Å². The second-order valence-corrected chi connectivity index (χ2v) is 7.59. The van der Waals surface area contributed by atoms with E-state index >= 15 is 0 Å². The van der Waals surface area contributed by atoms with Gasteiger partial charge in [0.25, 0.3) is 0 Å². The average molecular weight is 324 g/mol. The van der Waals surface area contributed by atoms with Gasteiger partial charge in [0.05, 0.1) is 4.90 Å². The van der Waals surface area contributed by atoms with Crippen molar-refractivity contribution in [3.05, 3.63) is 58.6 Å². The molecule has 21 heavy (non-hydrogen) atoms. The van der Waals surface area contributed by atoms with E-state index in [4.69, 9.17) is 11.6 Å². The van der Waals surface area contributed by atoms with Crippen molar-refractivity contribution in [1.29, 1.82) is 0 Å². The zero-order chi connectivity index (χ0) is 15.6. The van der Waals surface area contributed by atoms with Crippen molar-refractivity contribution in [2.45, 2.75) is 24.8 Å². The van der Waals surface area contributed by atoms with Gasteiger partial charge in [0.1, 0.15) is 0 Å². The van der Waals surface area contributed by atoms with Gasteiger partial charge in [-0.25, -0.2) is 8.42 Å². The Kier molecular flexibility index (Phi) is 4.59. The summed E-state index contributed by atoms with van der Waals surface area (Å²) in [7, 11) is -3.15. The molecule has 5 heteroatoms. The number of halogens is 1. The van der Waals surface area contributed by atoms with Crippen LogP contribution in [0.4, 0.5) is 5.69 Å². The number of anilines is 1. The third-order valence-corrected chi connectivity index (χ3v) is 4.90. The minimum atomic E-state index is -3.15. The molecule has 0 aliphatic heterocycles. The minimum absolute atomic E-state index is 0.0531. The summed E-state index contributed by atoms with van der Waals surface area (Å²) in [6.07, 6.45) is 1.21. The molecular formula is C16H18ClNO2S. The molecule has 0 saturated heterocycles. The Morgan fingerprint density at radius 3 is 2.24 bits per heavy atom. The summed E-state index contributed by atoms with van der Waals surface area (Å²) in [6.45, 7) is 3.97. The van der Waals surface area contributed by atoms with Crippen molar-refractivity contribution in [2.75, 3.05) is 11.6 Å². The standard InChI is InChI=1S/C16H18ClNO2S/c1-11-4-7-14(10-16(11)17)18-12(2)13-5-8-15(9-6-13)21(3,19)20/h4-10,12,18H,1-3H3. The molecule has 0 aromatic heterocycles. The average Bonchev–Trinajstić information content (AvgIpc) is 2.42. The molecule has 0 aliphatic carbocycles. The molecule has 0 saturated carbocycles. The zero-order valence-corrected chi connectivity index (χ0v) is 13.8. The van der Waals surface area contributed by atoms with E-state index in [0.717, 1.165) is 21.8 Å². The number of sulfone groups is 1. The lowest BCUT2D eigenvalue weighted by molar-refractivity contribution is 0.602. The highest BCUT2D eigenvalue weighted by Crippen LogP contribution is 2.24. The predicted octanol–water partition coefficient (Wildman–Crippen LogP) is 4.23. The van der Waals surface area contributed by atoms with Crippen LogP contribution in [0.3, 0.4) is 0 Å². The Bertz CT molecular complexity index is 739. The lowest BCUT2D eigenvalue weighted by atomic mass is 10.1. The van der Waals surface area contributed by atoms with Crippen molar-refractivity contribution in [3.8, 4) is 0 Å². The maximum absolute atomic E-state index is 11.4. The summed E-state index contributed by atoms with van der Waals surface area (Å²) < 4.78 is 22.9. The molecule has 0 amide bonds. The van der Waals surface area contributed by atoms with Crippen LogP contribution in [-0.4, -0.2) is 14.7 Å². The van der Waals surface area contributed by atoms with Gasteiger partial charge in [0.15, 0.2) is 9.84 Å². The number of nitrogens with one attached hydrogen (secondary N) is 1. The molecule has 0 aliphatic rings. The summed E-state index contributed by atoms with van der Waals surface area (Å²) >= 11 is 6.11. The Morgan fingerprint density at radius 1 is 1.10 bits per heavy atom. The Hall–Kier alpha value is -1.52. The number of hydrogen-bond acceptors (Lipinski definition) is 3. The normalized spacial score (nSPS) is 13.0. The number of benzene rings is 2. The van der Waals surface area contributed by atoms with E-state index < -0.39 is 9.84 Å². The van der Waals surface area contributed by atoms with Gasteiger partial charge in [-0.05, 0) is 49.2 Å². The monoisotopic (exact) mass is 323 g/mol. The van der Waals surface area contributed by atoms with Gasteiger partial charge >= 0.3 is 0 Å². The largest absolute Gasteiger partial charge is 0.378 e. The van der Waals surface area contributed by atoms with Gasteiger partial charge < -0.3 is 5.32 Å². The maximum Gasteiger partial charge on any atom is 0.175 e. The molecule has 1 atom stereocenters. The van der Waals surface area contributed by atoms with Gasteiger partial charge in [-0.2, -0.15) is 0 Å². The molecule has 0 radical (unpaired) electrons. The lowest BCUT2D eigenvalue weighted by Gasteiger charge is -2.16. The number of rotatable bonds is 4. The molecule has 2 aromatic rings. The van der Waals surface area contributed by atoms with E-state index in [1.165, 1.54) is 6.26 Å². The quantitative estimate of drug-likeness (QED) is 0.916. The summed E-state index contributed by atoms with van der Waals surface area (Å²) in [4.78, 5) is 0.330. The van der Waals surface area contributed by atoms with Gasteiger partial charge in [0.2, 0.25) is 0 Å². The van der Waals surface area contributed by atoms with Gasteiger partial charge in [0, 0.05) is 23.0 Å². The summed E-state index contributed by atoms with van der Waals surface area (Å²) in [5, 5.41) is 4.07. The van der Waals surface area contributed by atoms with Crippen LogP contribution >= 0.6 is 11.6 Å². The molecule has 3 nitrogen and oxygen atoms in total. The first kappa shape index (κ1) is 15.9. The van der Waals surface area contributed by atoms with Gasteiger partial charge in [-0.1, -0.05) is 29.8 Å². The fourth-order valence-corrected chi connectivity index (χ4v) is 2.83. The summed E-state index contributed by atoms with van der Waals surface area (Å²) in [5.74, 6) is 0. The SMILES string of the molecule is Cc1ccc(NC(C)c2ccc(S(C)(=O)=O)cc2)cc1Cl. The van der Waals surface area contributed by atoms with Crippen molar-refractivity contribution in [3.63, 3.8) is 0 Å². The van der Waals surface area contributed by atoms with Crippen LogP contribution in [0, 0.1) is 6.92 Å². The van der Waals surface area contributed by atoms with Gasteiger partial charge in [-0.3, -0.25) is 0 Å². The first-order valence-electron chi connectivity index (χ1n) is 6.60. The molecule has 0 heterocycles. The molecule has 112 valence electrons. The second kappa shape index (κ2) is 6.08. The molecule has 0 bridgehead atoms. The Balaban J connectivity index is 2.16. The van der Waals surface area contributed by atoms with E-state index in [2.05, 4.69) is 5.32 Å². The Morgan fingerprint density at radius 2 is 1.71 bits per heavy atom. The summed E-state index contributed by atoms with van der Waals surface area (Å²) in [6, 6.07) is 12.8. The summed E-state index contributed by atoms with van der Waals surface area (Å²) in [5.41, 5.74) is 2.98. The van der Waals surface area contributed by atoms with Crippen molar-refractivity contribution in [1.82, 2.24) is 0 Å². The highest BCUT2D eigenvalue weighted by molar-refractivity contribution is 7.90. The van der Waals surface area contributed by atoms with E-state index in [-0.39, 0.29) is 6.04 Å². The van der Waals surface area contributed by atoms with Crippen LogP contribution in [0.1, 0.15) is 24.1 Å². The minimum Gasteiger partial charge on any atom is -0.378 e. The van der Waals surface area contributed by atoms with Crippen molar-refractivity contribution in [2.24, 2.45) is 0 Å². The topological polar surface area (TPSA) is 46.2 Å². The van der Waals surface area contributed by atoms with E-state index in [9.17, 15) is 8.42 Å². The van der Waals surface area contributed by atoms with Crippen molar-refractivity contribution < 1.29 is 8.42 Å². The molecule has 1 unspecified atom stereocenters. The predicted molar refractivity (Wildman–Crippen MR) is 87.8 cm³/mol. The van der Waals surface area contributed by atoms with E-state index in [0.29, 0.717) is 4.90 Å². The molecule has 0 fully saturated rings. The molecule has 2 aromatic carbocycles. The smallest absolute Gasteiger partial charge is 0.175 e. The first-order valence-corrected chi connectivity index (χ1v) is 8.87. The molecule has 1 N–H and O–H groups in total. The Labute approximate surface area is 130 Å². The lowest BCUT2D eigenvalue weighted by Crippen LogP contribution is -2.07. The van der Waals surface area contributed by atoms with Crippen LogP contribution in [0.25, 0.3) is 0 Å². The van der Waals surface area contributed by atoms with Crippen LogP contribution in [-0.2, 0) is 9.84 Å². The van der Waals surface area contributed by atoms with Crippen LogP contribution < -0.4 is 5.32 Å². The molecular weight excluding hydrogens is 306 g/mol. The maximum atomic E-state index is 11.4. The van der Waals surface area contributed by atoms with Crippen LogP contribution in [0.15, 0.2) is 47.4 Å². The highest BCUT2D eigenvalue weighted by atomic mass is 35.5. The van der Waals surface area contributed by atoms with E-state index in [1.807, 2.05) is 44.2 Å². The zero-order valence-electron chi connectivity index (χ0n) is 12.2. The fraction of sp³-hybridized carbons (Fsp3) is 0.250. The van der Waals surface area contributed by atoms with Gasteiger partial charge in [-0.15, -0.1) is 0 Å². The molecule has 0 spiro atoms.